The number of amides is 2. The number of carbonyl (C=O) groups is 2. The number of rotatable bonds is 4. The first-order chi connectivity index (χ1) is 10.5. The third kappa shape index (κ3) is 3.85. The summed E-state index contributed by atoms with van der Waals surface area (Å²) in [5, 5.41) is 2.74. The zero-order valence-electron chi connectivity index (χ0n) is 13.3. The molecule has 0 radical (unpaired) electrons. The van der Waals surface area contributed by atoms with Crippen molar-refractivity contribution >= 4 is 17.5 Å². The molecule has 1 aromatic carbocycles. The maximum Gasteiger partial charge on any atom is 0.255 e. The molecule has 5 heteroatoms. The Hall–Kier alpha value is -1.88. The Morgan fingerprint density at radius 3 is 2.50 bits per heavy atom. The molecule has 2 amide bonds. The van der Waals surface area contributed by atoms with Gasteiger partial charge in [-0.3, -0.25) is 9.59 Å². The first-order valence-corrected chi connectivity index (χ1v) is 7.93. The van der Waals surface area contributed by atoms with Crippen LogP contribution in [0, 0.1) is 0 Å². The summed E-state index contributed by atoms with van der Waals surface area (Å²) in [4.78, 5) is 26.4. The minimum atomic E-state index is -0.612. The number of carbonyl (C=O) groups excluding carboxylic acids is 2. The number of hydrogen-bond acceptors (Lipinski definition) is 3. The third-order valence-corrected chi connectivity index (χ3v) is 4.27. The van der Waals surface area contributed by atoms with Crippen LogP contribution in [0.2, 0.25) is 0 Å². The van der Waals surface area contributed by atoms with Crippen LogP contribution in [0.15, 0.2) is 24.3 Å². The normalized spacial score (nSPS) is 16.9. The van der Waals surface area contributed by atoms with Gasteiger partial charge in [0.2, 0.25) is 5.91 Å². The Labute approximate surface area is 131 Å². The molecule has 0 bridgehead atoms. The topological polar surface area (TPSA) is 75.4 Å². The Bertz CT molecular complexity index is 536. The van der Waals surface area contributed by atoms with Crippen LogP contribution >= 0.6 is 0 Å². The van der Waals surface area contributed by atoms with Gasteiger partial charge in [0, 0.05) is 13.1 Å². The molecule has 0 aliphatic heterocycles. The second kappa shape index (κ2) is 7.40. The van der Waals surface area contributed by atoms with Crippen molar-refractivity contribution in [1.82, 2.24) is 4.90 Å². The fourth-order valence-electron chi connectivity index (χ4n) is 2.85. The zero-order chi connectivity index (χ0) is 16.1. The van der Waals surface area contributed by atoms with E-state index in [4.69, 9.17) is 5.73 Å². The number of nitrogens with two attached hydrogens (primary N) is 1. The highest BCUT2D eigenvalue weighted by molar-refractivity contribution is 6.04. The van der Waals surface area contributed by atoms with Gasteiger partial charge in [0.25, 0.3) is 5.91 Å². The van der Waals surface area contributed by atoms with Gasteiger partial charge >= 0.3 is 0 Å². The molecule has 2 rings (SSSR count). The van der Waals surface area contributed by atoms with E-state index >= 15 is 0 Å². The van der Waals surface area contributed by atoms with Gasteiger partial charge in [-0.2, -0.15) is 0 Å². The minimum absolute atomic E-state index is 0.0486. The quantitative estimate of drug-likeness (QED) is 0.896. The van der Waals surface area contributed by atoms with Crippen LogP contribution in [-0.4, -0.2) is 35.8 Å². The van der Waals surface area contributed by atoms with E-state index in [0.29, 0.717) is 17.3 Å². The highest BCUT2D eigenvalue weighted by Gasteiger charge is 2.25. The SMILES string of the molecule is C[C@H](N)C(=O)Nc1ccccc1C(=O)N(C)C1CCCCC1. The molecule has 1 saturated carbocycles. The molecule has 1 aromatic rings. The standard InChI is InChI=1S/C17H25N3O2/c1-12(18)16(21)19-15-11-7-6-10-14(15)17(22)20(2)13-8-4-3-5-9-13/h6-7,10-13H,3-5,8-9,18H2,1-2H3,(H,19,21)/t12-/m0/s1. The van der Waals surface area contributed by atoms with Crippen LogP contribution in [0.25, 0.3) is 0 Å². The third-order valence-electron chi connectivity index (χ3n) is 4.27. The molecule has 1 atom stereocenters. The molecule has 3 N–H and O–H groups in total. The van der Waals surface area contributed by atoms with Gasteiger partial charge < -0.3 is 16.0 Å². The lowest BCUT2D eigenvalue weighted by atomic mass is 9.94. The number of nitrogens with one attached hydrogen (secondary N) is 1. The first-order valence-electron chi connectivity index (χ1n) is 7.93. The molecule has 5 nitrogen and oxygen atoms in total. The van der Waals surface area contributed by atoms with Crippen LogP contribution in [0.4, 0.5) is 5.69 Å². The molecular formula is C17H25N3O2. The summed E-state index contributed by atoms with van der Waals surface area (Å²) < 4.78 is 0. The molecule has 1 fully saturated rings. The van der Waals surface area contributed by atoms with Crippen molar-refractivity contribution in [2.24, 2.45) is 5.73 Å². The molecule has 0 aromatic heterocycles. The van der Waals surface area contributed by atoms with Gasteiger partial charge in [-0.25, -0.2) is 0 Å². The summed E-state index contributed by atoms with van der Waals surface area (Å²) >= 11 is 0. The molecule has 1 aliphatic rings. The average Bonchev–Trinajstić information content (AvgIpc) is 2.54. The van der Waals surface area contributed by atoms with E-state index in [1.807, 2.05) is 18.0 Å². The molecule has 22 heavy (non-hydrogen) atoms. The number of anilines is 1. The van der Waals surface area contributed by atoms with Crippen molar-refractivity contribution < 1.29 is 9.59 Å². The summed E-state index contributed by atoms with van der Waals surface area (Å²) in [6.45, 7) is 1.62. The zero-order valence-corrected chi connectivity index (χ0v) is 13.3. The summed E-state index contributed by atoms with van der Waals surface area (Å²) in [6.07, 6.45) is 5.70. The van der Waals surface area contributed by atoms with Crippen LogP contribution in [-0.2, 0) is 4.79 Å². The van der Waals surface area contributed by atoms with Crippen LogP contribution in [0.1, 0.15) is 49.4 Å². The van der Waals surface area contributed by atoms with Gasteiger partial charge in [0.15, 0.2) is 0 Å². The molecule has 0 spiro atoms. The Morgan fingerprint density at radius 1 is 1.23 bits per heavy atom. The number of para-hydroxylation sites is 1. The highest BCUT2D eigenvalue weighted by Crippen LogP contribution is 2.25. The van der Waals surface area contributed by atoms with Gasteiger partial charge in [-0.05, 0) is 31.9 Å². The molecular weight excluding hydrogens is 278 g/mol. The summed E-state index contributed by atoms with van der Waals surface area (Å²) in [7, 11) is 1.85. The van der Waals surface area contributed by atoms with Crippen molar-refractivity contribution in [1.29, 1.82) is 0 Å². The average molecular weight is 303 g/mol. The maximum absolute atomic E-state index is 12.8. The predicted molar refractivity (Wildman–Crippen MR) is 87.7 cm³/mol. The number of benzene rings is 1. The van der Waals surface area contributed by atoms with E-state index in [1.165, 1.54) is 19.3 Å². The second-order valence-electron chi connectivity index (χ2n) is 6.03. The van der Waals surface area contributed by atoms with Crippen molar-refractivity contribution in [3.8, 4) is 0 Å². The van der Waals surface area contributed by atoms with E-state index in [9.17, 15) is 9.59 Å². The fourth-order valence-corrected chi connectivity index (χ4v) is 2.85. The smallest absolute Gasteiger partial charge is 0.255 e. The lowest BCUT2D eigenvalue weighted by molar-refractivity contribution is -0.117. The largest absolute Gasteiger partial charge is 0.339 e. The van der Waals surface area contributed by atoms with Gasteiger partial charge in [0.05, 0.1) is 17.3 Å². The van der Waals surface area contributed by atoms with Gasteiger partial charge in [-0.15, -0.1) is 0 Å². The minimum Gasteiger partial charge on any atom is -0.339 e. The van der Waals surface area contributed by atoms with Crippen molar-refractivity contribution in [3.05, 3.63) is 29.8 Å². The number of nitrogens with zero attached hydrogens (tertiary/aromatic N) is 1. The first kappa shape index (κ1) is 16.5. The van der Waals surface area contributed by atoms with E-state index in [0.717, 1.165) is 12.8 Å². The van der Waals surface area contributed by atoms with Crippen molar-refractivity contribution in [3.63, 3.8) is 0 Å². The molecule has 0 unspecified atom stereocenters. The summed E-state index contributed by atoms with van der Waals surface area (Å²) in [6, 6.07) is 6.77. The van der Waals surface area contributed by atoms with Crippen LogP contribution in [0.3, 0.4) is 0 Å². The van der Waals surface area contributed by atoms with E-state index in [1.54, 1.807) is 25.1 Å². The van der Waals surface area contributed by atoms with Crippen LogP contribution < -0.4 is 11.1 Å². The Morgan fingerprint density at radius 2 is 1.86 bits per heavy atom. The lowest BCUT2D eigenvalue weighted by Gasteiger charge is -2.31. The molecule has 120 valence electrons. The monoisotopic (exact) mass is 303 g/mol. The summed E-state index contributed by atoms with van der Waals surface area (Å²) in [5.74, 6) is -0.340. The second-order valence-corrected chi connectivity index (χ2v) is 6.03. The maximum atomic E-state index is 12.8. The molecule has 1 aliphatic carbocycles. The van der Waals surface area contributed by atoms with Crippen LogP contribution in [0.5, 0.6) is 0 Å². The van der Waals surface area contributed by atoms with E-state index in [2.05, 4.69) is 5.32 Å². The van der Waals surface area contributed by atoms with Crippen molar-refractivity contribution in [2.45, 2.75) is 51.1 Å². The van der Waals surface area contributed by atoms with Crippen molar-refractivity contribution in [2.75, 3.05) is 12.4 Å². The van der Waals surface area contributed by atoms with E-state index in [-0.39, 0.29) is 11.8 Å². The highest BCUT2D eigenvalue weighted by atomic mass is 16.2. The lowest BCUT2D eigenvalue weighted by Crippen LogP contribution is -2.39. The predicted octanol–water partition coefficient (Wildman–Crippen LogP) is 2.38. The molecule has 0 heterocycles. The fraction of sp³-hybridized carbons (Fsp3) is 0.529. The van der Waals surface area contributed by atoms with E-state index < -0.39 is 6.04 Å². The van der Waals surface area contributed by atoms with Gasteiger partial charge in [-0.1, -0.05) is 31.4 Å². The summed E-state index contributed by atoms with van der Waals surface area (Å²) in [5.41, 5.74) is 6.62. The Balaban J connectivity index is 2.16. The van der Waals surface area contributed by atoms with Gasteiger partial charge in [0.1, 0.15) is 0 Å². The number of hydrogen-bond donors (Lipinski definition) is 2. The Kier molecular flexibility index (Phi) is 5.55. The molecule has 0 saturated heterocycles.